The van der Waals surface area contributed by atoms with Crippen LogP contribution < -0.4 is 15.5 Å². The number of nitrogens with one attached hydrogen (secondary N) is 2. The normalized spacial score (nSPS) is 14.2. The minimum absolute atomic E-state index is 0.0401. The molecule has 0 aliphatic carbocycles. The molecule has 1 aliphatic rings. The number of rotatable bonds is 5. The number of aliphatic hydroxyl groups is 1. The first-order chi connectivity index (χ1) is 12.7. The summed E-state index contributed by atoms with van der Waals surface area (Å²) in [6.07, 6.45) is 0. The van der Waals surface area contributed by atoms with Gasteiger partial charge in [-0.3, -0.25) is 0 Å². The van der Waals surface area contributed by atoms with E-state index in [1.54, 1.807) is 0 Å². The van der Waals surface area contributed by atoms with E-state index in [0.29, 0.717) is 6.54 Å². The number of urea groups is 1. The Morgan fingerprint density at radius 1 is 1.15 bits per heavy atom. The number of carbonyl (C=O) groups is 1. The van der Waals surface area contributed by atoms with Gasteiger partial charge in [0, 0.05) is 31.0 Å². The van der Waals surface area contributed by atoms with Crippen LogP contribution in [0.2, 0.25) is 0 Å². The average molecular weight is 355 g/mol. The topological polar surface area (TPSA) is 73.8 Å². The van der Waals surface area contributed by atoms with Crippen molar-refractivity contribution in [1.29, 1.82) is 0 Å². The van der Waals surface area contributed by atoms with Gasteiger partial charge in [0.25, 0.3) is 0 Å². The van der Waals surface area contributed by atoms with E-state index in [2.05, 4.69) is 21.6 Å². The van der Waals surface area contributed by atoms with E-state index in [1.807, 2.05) is 43.3 Å². The van der Waals surface area contributed by atoms with E-state index in [4.69, 9.17) is 4.74 Å². The lowest BCUT2D eigenvalue weighted by Crippen LogP contribution is -2.36. The molecule has 0 spiro atoms. The van der Waals surface area contributed by atoms with Gasteiger partial charge in [-0.2, -0.15) is 0 Å². The molecule has 26 heavy (non-hydrogen) atoms. The van der Waals surface area contributed by atoms with E-state index in [0.717, 1.165) is 54.4 Å². The second-order valence-electron chi connectivity index (χ2n) is 6.33. The van der Waals surface area contributed by atoms with E-state index in [1.165, 1.54) is 0 Å². The third-order valence-corrected chi connectivity index (χ3v) is 4.56. The first kappa shape index (κ1) is 18.2. The van der Waals surface area contributed by atoms with Gasteiger partial charge in [-0.1, -0.05) is 24.3 Å². The third kappa shape index (κ3) is 4.53. The first-order valence-corrected chi connectivity index (χ1v) is 8.83. The van der Waals surface area contributed by atoms with Gasteiger partial charge >= 0.3 is 6.03 Å². The molecule has 1 aliphatic heterocycles. The Kier molecular flexibility index (Phi) is 6.09. The predicted molar refractivity (Wildman–Crippen MR) is 102 cm³/mol. The number of carbonyl (C=O) groups excluding carboxylic acids is 1. The van der Waals surface area contributed by atoms with Gasteiger partial charge in [0.05, 0.1) is 19.8 Å². The van der Waals surface area contributed by atoms with Gasteiger partial charge in [-0.05, 0) is 41.8 Å². The smallest absolute Gasteiger partial charge is 0.319 e. The fraction of sp³-hybridized carbons (Fsp3) is 0.350. The highest BCUT2D eigenvalue weighted by Crippen LogP contribution is 2.23. The summed E-state index contributed by atoms with van der Waals surface area (Å²) in [6.45, 7) is 5.58. The second-order valence-corrected chi connectivity index (χ2v) is 6.33. The Morgan fingerprint density at radius 3 is 2.58 bits per heavy atom. The summed E-state index contributed by atoms with van der Waals surface area (Å²) < 4.78 is 5.39. The van der Waals surface area contributed by atoms with Crippen molar-refractivity contribution in [2.75, 3.05) is 36.5 Å². The number of aliphatic hydroxyl groups excluding tert-OH is 1. The number of morpholine rings is 1. The fourth-order valence-electron chi connectivity index (χ4n) is 3.03. The van der Waals surface area contributed by atoms with Crippen LogP contribution >= 0.6 is 0 Å². The zero-order valence-corrected chi connectivity index (χ0v) is 15.0. The second kappa shape index (κ2) is 8.69. The van der Waals surface area contributed by atoms with Gasteiger partial charge < -0.3 is 25.4 Å². The molecule has 138 valence electrons. The zero-order valence-electron chi connectivity index (χ0n) is 15.0. The maximum Gasteiger partial charge on any atom is 0.319 e. The standard InChI is InChI=1S/C20H25N3O3/c1-15-12-18(23-8-10-26-11-9-23)6-7-19(15)22-20(25)21-13-16-4-2-3-5-17(16)14-24/h2-7,12,24H,8-11,13-14H2,1H3,(H2,21,22,25). The van der Waals surface area contributed by atoms with Crippen LogP contribution in [-0.2, 0) is 17.9 Å². The molecule has 0 atom stereocenters. The molecule has 0 aromatic heterocycles. The maximum absolute atomic E-state index is 12.2. The van der Waals surface area contributed by atoms with Gasteiger partial charge in [0.15, 0.2) is 0 Å². The molecule has 1 saturated heterocycles. The van der Waals surface area contributed by atoms with Crippen molar-refractivity contribution in [3.05, 3.63) is 59.2 Å². The summed E-state index contributed by atoms with van der Waals surface area (Å²) in [4.78, 5) is 14.5. The highest BCUT2D eigenvalue weighted by molar-refractivity contribution is 5.90. The number of hydrogen-bond donors (Lipinski definition) is 3. The lowest BCUT2D eigenvalue weighted by atomic mass is 10.1. The fourth-order valence-corrected chi connectivity index (χ4v) is 3.03. The first-order valence-electron chi connectivity index (χ1n) is 8.83. The highest BCUT2D eigenvalue weighted by Gasteiger charge is 2.13. The molecule has 1 heterocycles. The van der Waals surface area contributed by atoms with Gasteiger partial charge in [0.1, 0.15) is 0 Å². The van der Waals surface area contributed by atoms with Crippen LogP contribution in [0.3, 0.4) is 0 Å². The molecule has 0 radical (unpaired) electrons. The van der Waals surface area contributed by atoms with E-state index >= 15 is 0 Å². The molecule has 1 fully saturated rings. The summed E-state index contributed by atoms with van der Waals surface area (Å²) in [7, 11) is 0. The lowest BCUT2D eigenvalue weighted by Gasteiger charge is -2.29. The van der Waals surface area contributed by atoms with Crippen LogP contribution in [-0.4, -0.2) is 37.4 Å². The van der Waals surface area contributed by atoms with E-state index in [9.17, 15) is 9.90 Å². The number of anilines is 2. The quantitative estimate of drug-likeness (QED) is 0.771. The summed E-state index contributed by atoms with van der Waals surface area (Å²) >= 11 is 0. The largest absolute Gasteiger partial charge is 0.392 e. The molecule has 0 bridgehead atoms. The molecule has 0 unspecified atom stereocenters. The van der Waals surface area contributed by atoms with E-state index in [-0.39, 0.29) is 12.6 Å². The summed E-state index contributed by atoms with van der Waals surface area (Å²) in [5.41, 5.74) is 4.67. The van der Waals surface area contributed by atoms with Crippen LogP contribution in [0, 0.1) is 6.92 Å². The summed E-state index contributed by atoms with van der Waals surface area (Å²) in [6, 6.07) is 13.3. The van der Waals surface area contributed by atoms with E-state index < -0.39 is 0 Å². The van der Waals surface area contributed by atoms with Gasteiger partial charge in [-0.25, -0.2) is 4.79 Å². The van der Waals surface area contributed by atoms with Crippen molar-refractivity contribution in [2.45, 2.75) is 20.1 Å². The molecule has 2 amide bonds. The van der Waals surface area contributed by atoms with Crippen LogP contribution in [0.15, 0.2) is 42.5 Å². The average Bonchev–Trinajstić information content (AvgIpc) is 2.69. The van der Waals surface area contributed by atoms with Crippen molar-refractivity contribution < 1.29 is 14.6 Å². The predicted octanol–water partition coefficient (Wildman–Crippen LogP) is 2.65. The lowest BCUT2D eigenvalue weighted by molar-refractivity contribution is 0.122. The van der Waals surface area contributed by atoms with Crippen LogP contribution in [0.25, 0.3) is 0 Å². The molecule has 2 aromatic carbocycles. The molecule has 2 aromatic rings. The Hall–Kier alpha value is -2.57. The van der Waals surface area contributed by atoms with Crippen LogP contribution in [0.4, 0.5) is 16.2 Å². The molecule has 0 saturated carbocycles. The SMILES string of the molecule is Cc1cc(N2CCOCC2)ccc1NC(=O)NCc1ccccc1CO. The molecular formula is C20H25N3O3. The number of amides is 2. The molecule has 6 heteroatoms. The minimum Gasteiger partial charge on any atom is -0.392 e. The number of aryl methyl sites for hydroxylation is 1. The maximum atomic E-state index is 12.2. The van der Waals surface area contributed by atoms with Crippen LogP contribution in [0.1, 0.15) is 16.7 Å². The number of hydrogen-bond acceptors (Lipinski definition) is 4. The van der Waals surface area contributed by atoms with Crippen molar-refractivity contribution in [1.82, 2.24) is 5.32 Å². The number of nitrogens with zero attached hydrogens (tertiary/aromatic N) is 1. The van der Waals surface area contributed by atoms with Crippen LogP contribution in [0.5, 0.6) is 0 Å². The molecule has 3 rings (SSSR count). The number of ether oxygens (including phenoxy) is 1. The van der Waals surface area contributed by atoms with Gasteiger partial charge in [-0.15, -0.1) is 0 Å². The van der Waals surface area contributed by atoms with Gasteiger partial charge in [0.2, 0.25) is 0 Å². The van der Waals surface area contributed by atoms with Crippen molar-refractivity contribution in [3.8, 4) is 0 Å². The van der Waals surface area contributed by atoms with Crippen molar-refractivity contribution in [2.24, 2.45) is 0 Å². The Bertz CT molecular complexity index is 758. The Morgan fingerprint density at radius 2 is 1.88 bits per heavy atom. The Balaban J connectivity index is 1.58. The monoisotopic (exact) mass is 355 g/mol. The zero-order chi connectivity index (χ0) is 18.4. The molecule has 3 N–H and O–H groups in total. The van der Waals surface area contributed by atoms with Crippen molar-refractivity contribution >= 4 is 17.4 Å². The summed E-state index contributed by atoms with van der Waals surface area (Å²) in [5, 5.41) is 15.1. The molecule has 6 nitrogen and oxygen atoms in total. The Labute approximate surface area is 153 Å². The van der Waals surface area contributed by atoms with Crippen molar-refractivity contribution in [3.63, 3.8) is 0 Å². The number of benzene rings is 2. The minimum atomic E-state index is -0.264. The highest BCUT2D eigenvalue weighted by atomic mass is 16.5. The third-order valence-electron chi connectivity index (χ3n) is 4.56. The molecular weight excluding hydrogens is 330 g/mol. The summed E-state index contributed by atoms with van der Waals surface area (Å²) in [5.74, 6) is 0.